The summed E-state index contributed by atoms with van der Waals surface area (Å²) in [6.07, 6.45) is 6.54. The zero-order valence-electron chi connectivity index (χ0n) is 9.82. The van der Waals surface area contributed by atoms with Crippen molar-refractivity contribution in [2.75, 3.05) is 0 Å². The van der Waals surface area contributed by atoms with E-state index in [0.717, 1.165) is 6.54 Å². The Balaban J connectivity index is 2.55. The van der Waals surface area contributed by atoms with Gasteiger partial charge in [-0.15, -0.1) is 0 Å². The second kappa shape index (κ2) is 4.93. The minimum atomic E-state index is 1.09. The molecule has 0 aliphatic carbocycles. The maximum atomic E-state index is 3.86. The summed E-state index contributed by atoms with van der Waals surface area (Å²) >= 11 is 0. The first-order valence-corrected chi connectivity index (χ1v) is 5.90. The molecule has 1 aromatic carbocycles. The largest absolute Gasteiger partial charge is 0.213 e. The Morgan fingerprint density at radius 1 is 1.25 bits per heavy atom. The lowest BCUT2D eigenvalue weighted by Crippen LogP contribution is -2.34. The SMILES string of the molecule is C=Cc1cc[n+](CCCC)c2ccccc12. The van der Waals surface area contributed by atoms with Crippen LogP contribution in [0.3, 0.4) is 0 Å². The number of fused-ring (bicyclic) bond motifs is 1. The fourth-order valence-corrected chi connectivity index (χ4v) is 2.01. The third kappa shape index (κ3) is 1.99. The van der Waals surface area contributed by atoms with E-state index >= 15 is 0 Å². The van der Waals surface area contributed by atoms with E-state index in [-0.39, 0.29) is 0 Å². The van der Waals surface area contributed by atoms with Crippen molar-refractivity contribution in [3.63, 3.8) is 0 Å². The van der Waals surface area contributed by atoms with Crippen molar-refractivity contribution >= 4 is 17.0 Å². The summed E-state index contributed by atoms with van der Waals surface area (Å²) in [6, 6.07) is 10.7. The number of para-hydroxylation sites is 1. The van der Waals surface area contributed by atoms with Crippen LogP contribution in [0.2, 0.25) is 0 Å². The molecule has 0 atom stereocenters. The summed E-state index contributed by atoms with van der Waals surface area (Å²) in [5, 5.41) is 1.29. The van der Waals surface area contributed by atoms with E-state index in [1.165, 1.54) is 29.3 Å². The number of benzene rings is 1. The second-order valence-electron chi connectivity index (χ2n) is 4.04. The molecule has 0 fully saturated rings. The smallest absolute Gasteiger partial charge is 0.198 e. The van der Waals surface area contributed by atoms with Crippen LogP contribution in [0, 0.1) is 0 Å². The van der Waals surface area contributed by atoms with Gasteiger partial charge in [0.25, 0.3) is 0 Å². The molecular formula is C15H18N+. The molecule has 1 heterocycles. The quantitative estimate of drug-likeness (QED) is 0.682. The van der Waals surface area contributed by atoms with E-state index in [2.05, 4.69) is 54.6 Å². The van der Waals surface area contributed by atoms with Crippen LogP contribution < -0.4 is 4.57 Å². The van der Waals surface area contributed by atoms with Crippen LogP contribution in [0.15, 0.2) is 43.1 Å². The van der Waals surface area contributed by atoms with Crippen LogP contribution in [-0.2, 0) is 6.54 Å². The maximum absolute atomic E-state index is 3.86. The molecule has 2 rings (SSSR count). The Bertz CT molecular complexity index is 500. The molecule has 0 amide bonds. The number of hydrogen-bond acceptors (Lipinski definition) is 0. The molecule has 1 heteroatoms. The molecule has 0 N–H and O–H groups in total. The Hall–Kier alpha value is -1.63. The predicted molar refractivity (Wildman–Crippen MR) is 69.1 cm³/mol. The van der Waals surface area contributed by atoms with Gasteiger partial charge in [-0.25, -0.2) is 0 Å². The van der Waals surface area contributed by atoms with Gasteiger partial charge < -0.3 is 0 Å². The van der Waals surface area contributed by atoms with Crippen molar-refractivity contribution in [3.8, 4) is 0 Å². The number of rotatable bonds is 4. The standard InChI is InChI=1S/C15H18N/c1-3-5-11-16-12-10-13(4-2)14-8-6-7-9-15(14)16/h4,6-10,12H,2-3,5,11H2,1H3/q+1. The van der Waals surface area contributed by atoms with Gasteiger partial charge in [0.2, 0.25) is 5.52 Å². The average Bonchev–Trinajstić information content (AvgIpc) is 2.36. The lowest BCUT2D eigenvalue weighted by Gasteiger charge is -2.03. The number of unbranched alkanes of at least 4 members (excludes halogenated alkanes) is 1. The maximum Gasteiger partial charge on any atom is 0.213 e. The number of hydrogen-bond donors (Lipinski definition) is 0. The van der Waals surface area contributed by atoms with Gasteiger partial charge in [-0.05, 0) is 11.6 Å². The van der Waals surface area contributed by atoms with Gasteiger partial charge in [0, 0.05) is 18.6 Å². The van der Waals surface area contributed by atoms with Gasteiger partial charge in [0.15, 0.2) is 6.20 Å². The van der Waals surface area contributed by atoms with Crippen molar-refractivity contribution in [3.05, 3.63) is 48.7 Å². The van der Waals surface area contributed by atoms with Crippen molar-refractivity contribution in [1.82, 2.24) is 0 Å². The molecule has 0 saturated heterocycles. The second-order valence-corrected chi connectivity index (χ2v) is 4.04. The molecule has 0 bridgehead atoms. The van der Waals surface area contributed by atoms with E-state index < -0.39 is 0 Å². The zero-order valence-corrected chi connectivity index (χ0v) is 9.82. The zero-order chi connectivity index (χ0) is 11.4. The Kier molecular flexibility index (Phi) is 3.35. The molecule has 0 aliphatic heterocycles. The van der Waals surface area contributed by atoms with E-state index in [1.54, 1.807) is 0 Å². The van der Waals surface area contributed by atoms with Crippen LogP contribution in [0.5, 0.6) is 0 Å². The normalized spacial score (nSPS) is 10.6. The highest BCUT2D eigenvalue weighted by atomic mass is 14.9. The van der Waals surface area contributed by atoms with Gasteiger partial charge in [-0.1, -0.05) is 38.1 Å². The number of nitrogens with zero attached hydrogens (tertiary/aromatic N) is 1. The summed E-state index contributed by atoms with van der Waals surface area (Å²) in [6.45, 7) is 7.18. The number of aromatic nitrogens is 1. The Labute approximate surface area is 97.0 Å². The van der Waals surface area contributed by atoms with Crippen LogP contribution >= 0.6 is 0 Å². The van der Waals surface area contributed by atoms with Gasteiger partial charge >= 0.3 is 0 Å². The van der Waals surface area contributed by atoms with Crippen LogP contribution in [0.4, 0.5) is 0 Å². The molecule has 0 saturated carbocycles. The van der Waals surface area contributed by atoms with Gasteiger partial charge in [-0.2, -0.15) is 4.57 Å². The summed E-state index contributed by atoms with van der Waals surface area (Å²) in [4.78, 5) is 0. The van der Waals surface area contributed by atoms with E-state index in [0.29, 0.717) is 0 Å². The van der Waals surface area contributed by atoms with E-state index in [9.17, 15) is 0 Å². The van der Waals surface area contributed by atoms with Crippen molar-refractivity contribution < 1.29 is 4.57 Å². The molecule has 0 spiro atoms. The molecule has 1 nitrogen and oxygen atoms in total. The highest BCUT2D eigenvalue weighted by molar-refractivity contribution is 5.85. The third-order valence-electron chi connectivity index (χ3n) is 2.93. The monoisotopic (exact) mass is 212 g/mol. The first kappa shape index (κ1) is 10.9. The summed E-state index contributed by atoms with van der Waals surface area (Å²) in [5.74, 6) is 0. The number of aryl methyl sites for hydroxylation is 1. The van der Waals surface area contributed by atoms with Gasteiger partial charge in [0.05, 0.1) is 5.39 Å². The third-order valence-corrected chi connectivity index (χ3v) is 2.93. The topological polar surface area (TPSA) is 3.88 Å². The highest BCUT2D eigenvalue weighted by Gasteiger charge is 2.09. The number of pyridine rings is 1. The van der Waals surface area contributed by atoms with Crippen molar-refractivity contribution in [2.45, 2.75) is 26.3 Å². The van der Waals surface area contributed by atoms with Gasteiger partial charge in [0.1, 0.15) is 6.54 Å². The lowest BCUT2D eigenvalue weighted by molar-refractivity contribution is -0.671. The van der Waals surface area contributed by atoms with E-state index in [4.69, 9.17) is 0 Å². The van der Waals surface area contributed by atoms with Gasteiger partial charge in [-0.3, -0.25) is 0 Å². The lowest BCUT2D eigenvalue weighted by atomic mass is 10.1. The summed E-state index contributed by atoms with van der Waals surface area (Å²) in [5.41, 5.74) is 2.51. The van der Waals surface area contributed by atoms with Crippen molar-refractivity contribution in [2.24, 2.45) is 0 Å². The molecule has 1 aromatic heterocycles. The minimum absolute atomic E-state index is 1.09. The van der Waals surface area contributed by atoms with Crippen LogP contribution in [-0.4, -0.2) is 0 Å². The molecule has 16 heavy (non-hydrogen) atoms. The summed E-state index contributed by atoms with van der Waals surface area (Å²) < 4.78 is 2.33. The first-order valence-electron chi connectivity index (χ1n) is 5.90. The molecular weight excluding hydrogens is 194 g/mol. The minimum Gasteiger partial charge on any atom is -0.198 e. The fraction of sp³-hybridized carbons (Fsp3) is 0.267. The van der Waals surface area contributed by atoms with Crippen molar-refractivity contribution in [1.29, 1.82) is 0 Å². The Morgan fingerprint density at radius 3 is 2.81 bits per heavy atom. The first-order chi connectivity index (χ1) is 7.86. The van der Waals surface area contributed by atoms with E-state index in [1.807, 2.05) is 6.08 Å². The Morgan fingerprint density at radius 2 is 2.06 bits per heavy atom. The van der Waals surface area contributed by atoms with Crippen LogP contribution in [0.25, 0.3) is 17.0 Å². The molecule has 2 aromatic rings. The molecule has 82 valence electrons. The van der Waals surface area contributed by atoms with Crippen LogP contribution in [0.1, 0.15) is 25.3 Å². The molecule has 0 unspecified atom stereocenters. The molecule has 0 radical (unpaired) electrons. The highest BCUT2D eigenvalue weighted by Crippen LogP contribution is 2.16. The average molecular weight is 212 g/mol. The predicted octanol–water partition coefficient (Wildman–Crippen LogP) is 3.57. The fourth-order valence-electron chi connectivity index (χ4n) is 2.01. The molecule has 0 aliphatic rings. The summed E-state index contributed by atoms with van der Waals surface area (Å²) in [7, 11) is 0.